The second-order valence-corrected chi connectivity index (χ2v) is 3.79. The van der Waals surface area contributed by atoms with E-state index in [9.17, 15) is 18.4 Å². The van der Waals surface area contributed by atoms with Crippen molar-refractivity contribution < 1.29 is 33.0 Å². The lowest BCUT2D eigenvalue weighted by Gasteiger charge is -2.13. The van der Waals surface area contributed by atoms with Crippen LogP contribution in [0.4, 0.5) is 14.5 Å². The molecule has 110 valence electrons. The molecule has 1 atom stereocenters. The minimum Gasteiger partial charge on any atom is -0.493 e. The highest BCUT2D eigenvalue weighted by Crippen LogP contribution is 2.31. The molecule has 1 unspecified atom stereocenters. The third kappa shape index (κ3) is 4.08. The number of hydrogen-bond donors (Lipinski definition) is 2. The maximum absolute atomic E-state index is 12.2. The van der Waals surface area contributed by atoms with Gasteiger partial charge in [0, 0.05) is 11.8 Å². The molecule has 0 aliphatic carbocycles. The van der Waals surface area contributed by atoms with Crippen LogP contribution < -0.4 is 14.8 Å². The van der Waals surface area contributed by atoms with Gasteiger partial charge in [-0.15, -0.1) is 0 Å². The molecular weight excluding hydrogens is 276 g/mol. The number of carboxylic acids is 1. The van der Waals surface area contributed by atoms with Gasteiger partial charge in [0.15, 0.2) is 11.5 Å². The molecule has 1 amide bonds. The van der Waals surface area contributed by atoms with E-state index in [0.717, 1.165) is 6.07 Å². The monoisotopic (exact) mass is 289 g/mol. The average Bonchev–Trinajstić information content (AvgIpc) is 2.37. The Morgan fingerprint density at radius 2 is 1.95 bits per heavy atom. The first-order valence-electron chi connectivity index (χ1n) is 5.51. The van der Waals surface area contributed by atoms with Crippen LogP contribution in [-0.2, 0) is 9.59 Å². The summed E-state index contributed by atoms with van der Waals surface area (Å²) in [6.45, 7) is -1.84. The van der Waals surface area contributed by atoms with E-state index in [1.807, 2.05) is 0 Å². The lowest BCUT2D eigenvalue weighted by molar-refractivity contribution is -0.144. The van der Waals surface area contributed by atoms with Gasteiger partial charge in [-0.3, -0.25) is 9.59 Å². The van der Waals surface area contributed by atoms with E-state index in [2.05, 4.69) is 10.1 Å². The van der Waals surface area contributed by atoms with Crippen LogP contribution in [0.1, 0.15) is 6.92 Å². The first-order chi connectivity index (χ1) is 9.35. The summed E-state index contributed by atoms with van der Waals surface area (Å²) in [4.78, 5) is 22.2. The van der Waals surface area contributed by atoms with Gasteiger partial charge in [0.1, 0.15) is 5.92 Å². The van der Waals surface area contributed by atoms with Crippen LogP contribution in [0.3, 0.4) is 0 Å². The second kappa shape index (κ2) is 6.69. The molecule has 8 heteroatoms. The van der Waals surface area contributed by atoms with Crippen LogP contribution in [0.2, 0.25) is 0 Å². The summed E-state index contributed by atoms with van der Waals surface area (Å²) < 4.78 is 33.5. The number of carboxylic acid groups (broad SMARTS) is 1. The number of rotatable bonds is 6. The fourth-order valence-corrected chi connectivity index (χ4v) is 1.31. The third-order valence-corrected chi connectivity index (χ3v) is 2.41. The predicted molar refractivity (Wildman–Crippen MR) is 65.1 cm³/mol. The zero-order chi connectivity index (χ0) is 15.3. The van der Waals surface area contributed by atoms with Crippen molar-refractivity contribution in [3.63, 3.8) is 0 Å². The summed E-state index contributed by atoms with van der Waals surface area (Å²) in [6.07, 6.45) is 0. The minimum atomic E-state index is -3.05. The summed E-state index contributed by atoms with van der Waals surface area (Å²) in [5.74, 6) is -3.53. The number of methoxy groups -OCH3 is 1. The van der Waals surface area contributed by atoms with E-state index in [-0.39, 0.29) is 17.2 Å². The van der Waals surface area contributed by atoms with Crippen molar-refractivity contribution in [2.45, 2.75) is 13.5 Å². The second-order valence-electron chi connectivity index (χ2n) is 3.79. The van der Waals surface area contributed by atoms with Crippen LogP contribution in [-0.4, -0.2) is 30.7 Å². The number of anilines is 1. The molecule has 0 bridgehead atoms. The number of amides is 1. The zero-order valence-corrected chi connectivity index (χ0v) is 10.7. The topological polar surface area (TPSA) is 84.9 Å². The number of hydrogen-bond acceptors (Lipinski definition) is 4. The normalized spacial score (nSPS) is 11.8. The lowest BCUT2D eigenvalue weighted by Crippen LogP contribution is -2.26. The van der Waals surface area contributed by atoms with Crippen LogP contribution >= 0.6 is 0 Å². The molecule has 0 aliphatic rings. The van der Waals surface area contributed by atoms with Gasteiger partial charge in [0.05, 0.1) is 7.11 Å². The fourth-order valence-electron chi connectivity index (χ4n) is 1.31. The standard InChI is InChI=1S/C12H13F2NO5/c1-6(11(17)18)10(16)15-7-3-4-8(19-2)9(5-7)20-12(13)14/h3-6,12H,1-2H3,(H,15,16)(H,17,18). The highest BCUT2D eigenvalue weighted by molar-refractivity contribution is 6.03. The quantitative estimate of drug-likeness (QED) is 0.782. The van der Waals surface area contributed by atoms with Crippen LogP contribution in [0, 0.1) is 5.92 Å². The lowest BCUT2D eigenvalue weighted by atomic mass is 10.1. The average molecular weight is 289 g/mol. The number of halogens is 2. The highest BCUT2D eigenvalue weighted by Gasteiger charge is 2.21. The number of nitrogens with one attached hydrogen (secondary N) is 1. The number of carbonyl (C=O) groups excluding carboxylic acids is 1. The molecule has 0 fully saturated rings. The molecule has 0 saturated carbocycles. The predicted octanol–water partition coefficient (Wildman–Crippen LogP) is 1.96. The number of carbonyl (C=O) groups is 2. The van der Waals surface area contributed by atoms with Crippen LogP contribution in [0.15, 0.2) is 18.2 Å². The molecule has 0 aromatic heterocycles. The van der Waals surface area contributed by atoms with Crippen molar-refractivity contribution in [3.8, 4) is 11.5 Å². The molecule has 0 aliphatic heterocycles. The minimum absolute atomic E-state index is 0.0644. The van der Waals surface area contributed by atoms with Gasteiger partial charge < -0.3 is 19.9 Å². The van der Waals surface area contributed by atoms with E-state index in [0.29, 0.717) is 0 Å². The molecule has 1 aromatic carbocycles. The molecule has 2 N–H and O–H groups in total. The van der Waals surface area contributed by atoms with Gasteiger partial charge in [0.2, 0.25) is 5.91 Å². The van der Waals surface area contributed by atoms with Crippen LogP contribution in [0.25, 0.3) is 0 Å². The Balaban J connectivity index is 2.91. The molecule has 0 saturated heterocycles. The first-order valence-corrected chi connectivity index (χ1v) is 5.51. The number of ether oxygens (including phenoxy) is 2. The van der Waals surface area contributed by atoms with Crippen molar-refractivity contribution >= 4 is 17.6 Å². The Bertz CT molecular complexity index is 507. The molecular formula is C12H13F2NO5. The molecule has 0 radical (unpaired) electrons. The molecule has 6 nitrogen and oxygen atoms in total. The molecule has 1 aromatic rings. The molecule has 1 rings (SSSR count). The maximum atomic E-state index is 12.2. The Morgan fingerprint density at radius 1 is 1.30 bits per heavy atom. The van der Waals surface area contributed by atoms with Gasteiger partial charge in [-0.2, -0.15) is 8.78 Å². The fraction of sp³-hybridized carbons (Fsp3) is 0.333. The summed E-state index contributed by atoms with van der Waals surface area (Å²) in [7, 11) is 1.28. The maximum Gasteiger partial charge on any atom is 0.387 e. The summed E-state index contributed by atoms with van der Waals surface area (Å²) in [5.41, 5.74) is 0.125. The van der Waals surface area contributed by atoms with Crippen molar-refractivity contribution in [2.24, 2.45) is 5.92 Å². The van der Waals surface area contributed by atoms with Crippen molar-refractivity contribution in [1.82, 2.24) is 0 Å². The first kappa shape index (κ1) is 15.7. The van der Waals surface area contributed by atoms with E-state index >= 15 is 0 Å². The Kier molecular flexibility index (Phi) is 5.24. The van der Waals surface area contributed by atoms with Gasteiger partial charge in [-0.25, -0.2) is 0 Å². The number of benzene rings is 1. The van der Waals surface area contributed by atoms with Gasteiger partial charge in [-0.1, -0.05) is 0 Å². The van der Waals surface area contributed by atoms with Gasteiger partial charge in [0.25, 0.3) is 0 Å². The summed E-state index contributed by atoms with van der Waals surface area (Å²) in [5, 5.41) is 11.0. The number of alkyl halides is 2. The molecule has 20 heavy (non-hydrogen) atoms. The SMILES string of the molecule is COc1ccc(NC(=O)C(C)C(=O)O)cc1OC(F)F. The van der Waals surface area contributed by atoms with E-state index in [1.165, 1.54) is 26.2 Å². The van der Waals surface area contributed by atoms with Crippen molar-refractivity contribution in [1.29, 1.82) is 0 Å². The summed E-state index contributed by atoms with van der Waals surface area (Å²) in [6, 6.07) is 3.82. The Labute approximate surface area is 113 Å². The third-order valence-electron chi connectivity index (χ3n) is 2.41. The van der Waals surface area contributed by atoms with E-state index in [1.54, 1.807) is 0 Å². The van der Waals surface area contributed by atoms with E-state index < -0.39 is 24.4 Å². The van der Waals surface area contributed by atoms with Gasteiger partial charge >= 0.3 is 12.6 Å². The summed E-state index contributed by atoms with van der Waals surface area (Å²) >= 11 is 0. The van der Waals surface area contributed by atoms with E-state index in [4.69, 9.17) is 9.84 Å². The largest absolute Gasteiger partial charge is 0.493 e. The number of aliphatic carboxylic acids is 1. The van der Waals surface area contributed by atoms with Crippen LogP contribution in [0.5, 0.6) is 11.5 Å². The Morgan fingerprint density at radius 3 is 2.45 bits per heavy atom. The van der Waals surface area contributed by atoms with Gasteiger partial charge in [-0.05, 0) is 19.1 Å². The zero-order valence-electron chi connectivity index (χ0n) is 10.7. The Hall–Kier alpha value is -2.38. The van der Waals surface area contributed by atoms with Crippen molar-refractivity contribution in [2.75, 3.05) is 12.4 Å². The molecule has 0 spiro atoms. The van der Waals surface area contributed by atoms with Crippen molar-refractivity contribution in [3.05, 3.63) is 18.2 Å². The highest BCUT2D eigenvalue weighted by atomic mass is 19.3. The molecule has 0 heterocycles. The smallest absolute Gasteiger partial charge is 0.387 e.